The van der Waals surface area contributed by atoms with E-state index in [0.29, 0.717) is 29.6 Å². The van der Waals surface area contributed by atoms with Gasteiger partial charge in [0.25, 0.3) is 0 Å². The molecule has 6 N–H and O–H groups in total. The van der Waals surface area contributed by atoms with Crippen LogP contribution in [0.1, 0.15) is 125 Å². The molecule has 9 rings (SSSR count). The Hall–Kier alpha value is -5.10. The maximum atomic E-state index is 13.8. The third-order valence-electron chi connectivity index (χ3n) is 13.3. The number of epoxide rings is 1. The highest BCUT2D eigenvalue weighted by molar-refractivity contribution is 5.68. The van der Waals surface area contributed by atoms with Gasteiger partial charge in [-0.05, 0) is 151 Å². The van der Waals surface area contributed by atoms with E-state index in [9.17, 15) is 32.3 Å². The molecular weight excluding hydrogens is 933 g/mol. The third kappa shape index (κ3) is 16.7. The van der Waals surface area contributed by atoms with Crippen molar-refractivity contribution in [3.05, 3.63) is 142 Å². The minimum absolute atomic E-state index is 0.00449. The number of nitrogens with two attached hydrogens (primary N) is 1. The van der Waals surface area contributed by atoms with Gasteiger partial charge in [0.2, 0.25) is 0 Å². The van der Waals surface area contributed by atoms with E-state index in [4.69, 9.17) is 29.4 Å². The van der Waals surface area contributed by atoms with Crippen molar-refractivity contribution in [1.82, 2.24) is 16.0 Å². The van der Waals surface area contributed by atoms with Crippen LogP contribution in [0.25, 0.3) is 0 Å². The summed E-state index contributed by atoms with van der Waals surface area (Å²) < 4.78 is 80.6. The average Bonchev–Trinajstić information content (AvgIpc) is 4.27. The molecule has 0 aromatic heterocycles. The average molecular weight is 1010 g/mol. The zero-order chi connectivity index (χ0) is 51.8. The zero-order valence-electron chi connectivity index (χ0n) is 42.3. The standard InChI is InChI=1S/C28H36F2N2O4.C15H19F2NO3.C13H17NO/c1-27(2,3)36-26(34)32-24(13-18-11-22(29)15-23(30)12-18)25(33)16-31-28(8-9-28)21-6-4-5-19(14-21)20-7-10-35-17-20;1-15(2,3)21-14(19)18-12(13-8-20-13)6-9-4-10(16)7-11(17)5-9;14-13(5-6-13)12-3-1-2-10(8-12)11-4-7-15-9-11/h4-6,11-12,14-15,20,24-25,31,33H,7-10,13,16-17H2,1-3H3,(H,32,34);4-5,7,12-13H,6,8H2,1-3H3,(H,18,19);1-3,8,11H,4-7,9,14H2. The van der Waals surface area contributed by atoms with Crippen molar-refractivity contribution in [1.29, 1.82) is 0 Å². The topological polar surface area (TPSA) is 166 Å². The normalized spacial score (nSPS) is 21.6. The van der Waals surface area contributed by atoms with Crippen molar-refractivity contribution >= 4 is 12.2 Å². The number of hydrogen-bond acceptors (Lipinski definition) is 10. The van der Waals surface area contributed by atoms with Gasteiger partial charge in [-0.25, -0.2) is 27.2 Å². The molecule has 2 aliphatic carbocycles. The molecule has 392 valence electrons. The predicted octanol–water partition coefficient (Wildman–Crippen LogP) is 9.48. The fraction of sp³-hybridized carbons (Fsp3) is 0.536. The Kier molecular flexibility index (Phi) is 17.8. The molecule has 2 amide bonds. The number of carbonyl (C=O) groups is 2. The molecule has 5 fully saturated rings. The number of halogens is 4. The van der Waals surface area contributed by atoms with Gasteiger partial charge >= 0.3 is 12.2 Å². The van der Waals surface area contributed by atoms with E-state index in [1.165, 1.54) is 46.5 Å². The molecule has 0 bridgehead atoms. The first-order valence-electron chi connectivity index (χ1n) is 25.1. The van der Waals surface area contributed by atoms with Crippen molar-refractivity contribution < 1.29 is 55.9 Å². The summed E-state index contributed by atoms with van der Waals surface area (Å²) in [5.41, 5.74) is 10.6. The first-order valence-corrected chi connectivity index (χ1v) is 25.1. The Balaban J connectivity index is 0.000000177. The smallest absolute Gasteiger partial charge is 0.407 e. The number of amides is 2. The molecule has 3 saturated heterocycles. The van der Waals surface area contributed by atoms with E-state index in [1.54, 1.807) is 41.5 Å². The van der Waals surface area contributed by atoms with E-state index >= 15 is 0 Å². The molecule has 4 aromatic rings. The number of carbonyl (C=O) groups excluding carboxylic acids is 2. The van der Waals surface area contributed by atoms with Gasteiger partial charge in [-0.2, -0.15) is 0 Å². The summed E-state index contributed by atoms with van der Waals surface area (Å²) in [5.74, 6) is -1.71. The van der Waals surface area contributed by atoms with Gasteiger partial charge in [0, 0.05) is 54.8 Å². The number of benzene rings is 4. The van der Waals surface area contributed by atoms with Crippen molar-refractivity contribution in [2.45, 2.75) is 151 Å². The Labute approximate surface area is 421 Å². The fourth-order valence-electron chi connectivity index (χ4n) is 9.08. The first kappa shape index (κ1) is 54.7. The summed E-state index contributed by atoms with van der Waals surface area (Å²) in [6, 6.07) is 22.6. The first-order chi connectivity index (χ1) is 34.0. The molecule has 4 aromatic carbocycles. The molecule has 16 heteroatoms. The maximum absolute atomic E-state index is 13.8. The third-order valence-corrected chi connectivity index (χ3v) is 13.3. The summed E-state index contributed by atoms with van der Waals surface area (Å²) >= 11 is 0. The number of nitrogens with one attached hydrogen (secondary N) is 3. The number of aliphatic hydroxyl groups excluding tert-OH is 1. The Morgan fingerprint density at radius 3 is 1.60 bits per heavy atom. The summed E-state index contributed by atoms with van der Waals surface area (Å²) in [5, 5.41) is 20.0. The van der Waals surface area contributed by atoms with Crippen LogP contribution in [0.5, 0.6) is 0 Å². The Morgan fingerprint density at radius 1 is 0.681 bits per heavy atom. The summed E-state index contributed by atoms with van der Waals surface area (Å²) in [6.45, 7) is 14.5. The second kappa shape index (κ2) is 23.4. The number of alkyl carbamates (subject to hydrolysis) is 2. The quantitative estimate of drug-likeness (QED) is 0.0572. The van der Waals surface area contributed by atoms with Gasteiger partial charge in [0.15, 0.2) is 0 Å². The van der Waals surface area contributed by atoms with E-state index < -0.39 is 58.8 Å². The van der Waals surface area contributed by atoms with Gasteiger partial charge in [-0.15, -0.1) is 0 Å². The predicted molar refractivity (Wildman–Crippen MR) is 265 cm³/mol. The SMILES string of the molecule is CC(C)(C)OC(=O)NC(Cc1cc(F)cc(F)c1)C(O)CNC1(c2cccc(C3CCOC3)c2)CC1.CC(C)(C)OC(=O)NC(Cc1cc(F)cc(F)c1)C1CO1.NC1(c2cccc(C3CCOC3)c2)CC1. The van der Waals surface area contributed by atoms with E-state index in [0.717, 1.165) is 77.1 Å². The number of aliphatic hydroxyl groups is 1. The summed E-state index contributed by atoms with van der Waals surface area (Å²) in [6.07, 6.45) is 4.19. The lowest BCUT2D eigenvalue weighted by Gasteiger charge is -2.29. The van der Waals surface area contributed by atoms with Crippen LogP contribution in [0.4, 0.5) is 27.2 Å². The summed E-state index contributed by atoms with van der Waals surface area (Å²) in [7, 11) is 0. The lowest BCUT2D eigenvalue weighted by atomic mass is 9.93. The zero-order valence-corrected chi connectivity index (χ0v) is 42.3. The van der Waals surface area contributed by atoms with E-state index in [-0.39, 0.29) is 42.6 Å². The molecule has 3 heterocycles. The van der Waals surface area contributed by atoms with Crippen LogP contribution in [0.2, 0.25) is 0 Å². The second-order valence-corrected chi connectivity index (χ2v) is 21.9. The van der Waals surface area contributed by atoms with E-state index in [2.05, 4.69) is 64.5 Å². The van der Waals surface area contributed by atoms with Crippen molar-refractivity contribution in [3.63, 3.8) is 0 Å². The van der Waals surface area contributed by atoms with Crippen LogP contribution in [-0.2, 0) is 47.6 Å². The van der Waals surface area contributed by atoms with E-state index in [1.807, 2.05) is 0 Å². The van der Waals surface area contributed by atoms with Gasteiger partial charge in [-0.1, -0.05) is 48.5 Å². The highest BCUT2D eigenvalue weighted by Gasteiger charge is 2.45. The molecule has 12 nitrogen and oxygen atoms in total. The summed E-state index contributed by atoms with van der Waals surface area (Å²) in [4.78, 5) is 24.3. The van der Waals surface area contributed by atoms with Crippen LogP contribution in [-0.4, -0.2) is 92.4 Å². The van der Waals surface area contributed by atoms with Crippen molar-refractivity contribution in [2.75, 3.05) is 39.6 Å². The van der Waals surface area contributed by atoms with Crippen molar-refractivity contribution in [3.8, 4) is 0 Å². The van der Waals surface area contributed by atoms with Crippen molar-refractivity contribution in [2.24, 2.45) is 5.73 Å². The molecular formula is C56H72F4N4O8. The highest BCUT2D eigenvalue weighted by Crippen LogP contribution is 2.46. The molecule has 3 aliphatic heterocycles. The highest BCUT2D eigenvalue weighted by atomic mass is 19.1. The van der Waals surface area contributed by atoms with Gasteiger partial charge < -0.3 is 50.5 Å². The minimum atomic E-state index is -1.02. The lowest BCUT2D eigenvalue weighted by Crippen LogP contribution is -2.51. The van der Waals surface area contributed by atoms with Crippen LogP contribution < -0.4 is 21.7 Å². The lowest BCUT2D eigenvalue weighted by molar-refractivity contribution is 0.0417. The Bertz CT molecular complexity index is 2420. The largest absolute Gasteiger partial charge is 0.444 e. The number of hydrogen-bond donors (Lipinski definition) is 5. The molecule has 6 atom stereocenters. The van der Waals surface area contributed by atoms with Gasteiger partial charge in [-0.3, -0.25) is 0 Å². The second-order valence-electron chi connectivity index (χ2n) is 21.9. The molecule has 0 spiro atoms. The van der Waals surface area contributed by atoms with Crippen LogP contribution in [0, 0.1) is 23.3 Å². The van der Waals surface area contributed by atoms with Crippen LogP contribution >= 0.6 is 0 Å². The number of rotatable bonds is 15. The molecule has 6 unspecified atom stereocenters. The monoisotopic (exact) mass is 1000 g/mol. The maximum Gasteiger partial charge on any atom is 0.407 e. The van der Waals surface area contributed by atoms with Gasteiger partial charge in [0.05, 0.1) is 38.0 Å². The van der Waals surface area contributed by atoms with Crippen LogP contribution in [0.15, 0.2) is 84.9 Å². The molecule has 2 saturated carbocycles. The van der Waals surface area contributed by atoms with Gasteiger partial charge in [0.1, 0.15) is 40.6 Å². The molecule has 0 radical (unpaired) electrons. The molecule has 5 aliphatic rings. The van der Waals surface area contributed by atoms with Crippen LogP contribution in [0.3, 0.4) is 0 Å². The fourth-order valence-corrected chi connectivity index (χ4v) is 9.08. The molecule has 72 heavy (non-hydrogen) atoms. The Morgan fingerprint density at radius 2 is 1.15 bits per heavy atom. The number of ether oxygens (including phenoxy) is 5. The minimum Gasteiger partial charge on any atom is -0.444 e.